The van der Waals surface area contributed by atoms with Crippen molar-refractivity contribution in [1.29, 1.82) is 5.26 Å². The van der Waals surface area contributed by atoms with Crippen LogP contribution in [0.2, 0.25) is 15.1 Å². The second-order valence-corrected chi connectivity index (χ2v) is 5.71. The Kier molecular flexibility index (Phi) is 5.30. The van der Waals surface area contributed by atoms with E-state index in [0.717, 1.165) is 4.68 Å². The Morgan fingerprint density at radius 3 is 2.73 bits per heavy atom. The molecular weight excluding hydrogens is 347 g/mol. The van der Waals surface area contributed by atoms with E-state index in [0.29, 0.717) is 34.4 Å². The van der Waals surface area contributed by atoms with Gasteiger partial charge in [0, 0.05) is 18.6 Å². The lowest BCUT2D eigenvalue weighted by molar-refractivity contribution is 0.795. The number of nitrogens with zero attached hydrogens (tertiary/aromatic N) is 4. The Bertz CT molecular complexity index is 798. The molecule has 0 aliphatic rings. The maximum Gasteiger partial charge on any atom is 0.292 e. The normalized spacial score (nSPS) is 10.3. The highest BCUT2D eigenvalue weighted by Gasteiger charge is 2.15. The van der Waals surface area contributed by atoms with Crippen molar-refractivity contribution in [2.45, 2.75) is 6.42 Å². The average molecular weight is 358 g/mol. The monoisotopic (exact) mass is 356 g/mol. The quantitative estimate of drug-likeness (QED) is 0.839. The molecule has 0 atom stereocenters. The van der Waals surface area contributed by atoms with Crippen LogP contribution in [0.5, 0.6) is 0 Å². The maximum absolute atomic E-state index is 12.4. The summed E-state index contributed by atoms with van der Waals surface area (Å²) >= 11 is 18.1. The van der Waals surface area contributed by atoms with Crippen molar-refractivity contribution in [2.24, 2.45) is 0 Å². The van der Waals surface area contributed by atoms with Gasteiger partial charge in [0.25, 0.3) is 5.56 Å². The molecule has 0 amide bonds. The van der Waals surface area contributed by atoms with Crippen molar-refractivity contribution in [1.82, 2.24) is 9.78 Å². The van der Waals surface area contributed by atoms with Crippen molar-refractivity contribution >= 4 is 40.5 Å². The molecule has 0 bridgehead atoms. The van der Waals surface area contributed by atoms with E-state index in [1.807, 2.05) is 6.07 Å². The van der Waals surface area contributed by atoms with Gasteiger partial charge in [0.2, 0.25) is 0 Å². The van der Waals surface area contributed by atoms with Crippen molar-refractivity contribution in [3.63, 3.8) is 0 Å². The van der Waals surface area contributed by atoms with Crippen LogP contribution in [0, 0.1) is 11.3 Å². The summed E-state index contributed by atoms with van der Waals surface area (Å²) in [6.45, 7) is 0.447. The molecule has 2 rings (SSSR count). The molecule has 1 heterocycles. The van der Waals surface area contributed by atoms with Gasteiger partial charge in [0.05, 0.1) is 35.1 Å². The van der Waals surface area contributed by atoms with Gasteiger partial charge in [-0.05, 0) is 18.2 Å². The lowest BCUT2D eigenvalue weighted by Crippen LogP contribution is -2.27. The summed E-state index contributed by atoms with van der Waals surface area (Å²) in [5.74, 6) is 0. The number of hydrogen-bond donors (Lipinski definition) is 0. The van der Waals surface area contributed by atoms with Crippen LogP contribution in [0.3, 0.4) is 0 Å². The highest BCUT2D eigenvalue weighted by atomic mass is 35.5. The zero-order valence-corrected chi connectivity index (χ0v) is 13.8. The number of rotatable bonds is 4. The van der Waals surface area contributed by atoms with Crippen LogP contribution in [0.4, 0.5) is 5.69 Å². The van der Waals surface area contributed by atoms with Crippen molar-refractivity contribution < 1.29 is 0 Å². The topological polar surface area (TPSA) is 61.9 Å². The Labute approximate surface area is 142 Å². The third-order valence-electron chi connectivity index (χ3n) is 3.01. The second-order valence-electron chi connectivity index (χ2n) is 4.49. The molecule has 1 aromatic carbocycles. The fourth-order valence-electron chi connectivity index (χ4n) is 1.85. The molecule has 114 valence electrons. The van der Waals surface area contributed by atoms with Crippen LogP contribution < -0.4 is 10.5 Å². The average Bonchev–Trinajstić information content (AvgIpc) is 2.48. The minimum atomic E-state index is -0.493. The fraction of sp³-hybridized carbons (Fsp3) is 0.214. The van der Waals surface area contributed by atoms with Gasteiger partial charge in [-0.25, -0.2) is 0 Å². The van der Waals surface area contributed by atoms with Gasteiger partial charge in [-0.15, -0.1) is 0 Å². The van der Waals surface area contributed by atoms with Gasteiger partial charge < -0.3 is 4.90 Å². The molecule has 0 spiro atoms. The molecule has 0 N–H and O–H groups in total. The molecule has 22 heavy (non-hydrogen) atoms. The molecule has 0 aliphatic heterocycles. The summed E-state index contributed by atoms with van der Waals surface area (Å²) in [6, 6.07) is 6.76. The zero-order chi connectivity index (χ0) is 16.3. The minimum absolute atomic E-state index is 0.0152. The van der Waals surface area contributed by atoms with Crippen molar-refractivity contribution in [3.8, 4) is 11.8 Å². The number of nitriles is 1. The summed E-state index contributed by atoms with van der Waals surface area (Å²) in [5, 5.41) is 13.5. The maximum atomic E-state index is 12.4. The summed E-state index contributed by atoms with van der Waals surface area (Å²) in [7, 11) is 1.74. The van der Waals surface area contributed by atoms with Gasteiger partial charge in [-0.1, -0.05) is 34.8 Å². The number of hydrogen-bond acceptors (Lipinski definition) is 4. The fourth-order valence-corrected chi connectivity index (χ4v) is 2.61. The molecule has 0 saturated carbocycles. The molecule has 1 aromatic heterocycles. The van der Waals surface area contributed by atoms with Crippen LogP contribution in [0.15, 0.2) is 29.2 Å². The van der Waals surface area contributed by atoms with Crippen LogP contribution in [-0.2, 0) is 0 Å². The summed E-state index contributed by atoms with van der Waals surface area (Å²) in [5.41, 5.74) is 0.361. The van der Waals surface area contributed by atoms with Crippen LogP contribution in [0.1, 0.15) is 6.42 Å². The molecule has 8 heteroatoms. The van der Waals surface area contributed by atoms with Crippen LogP contribution >= 0.6 is 34.8 Å². The van der Waals surface area contributed by atoms with Crippen LogP contribution in [-0.4, -0.2) is 23.4 Å². The van der Waals surface area contributed by atoms with Gasteiger partial charge in [0.15, 0.2) is 0 Å². The molecule has 2 aromatic rings. The van der Waals surface area contributed by atoms with Crippen LogP contribution in [0.25, 0.3) is 5.69 Å². The Morgan fingerprint density at radius 2 is 2.09 bits per heavy atom. The third-order valence-corrected chi connectivity index (χ3v) is 3.90. The minimum Gasteiger partial charge on any atom is -0.371 e. The molecule has 5 nitrogen and oxygen atoms in total. The van der Waals surface area contributed by atoms with Gasteiger partial charge >= 0.3 is 0 Å². The van der Waals surface area contributed by atoms with E-state index in [1.54, 1.807) is 24.1 Å². The third kappa shape index (κ3) is 3.36. The highest BCUT2D eigenvalue weighted by molar-refractivity contribution is 6.36. The van der Waals surface area contributed by atoms with E-state index in [9.17, 15) is 4.79 Å². The molecule has 0 saturated heterocycles. The van der Waals surface area contributed by atoms with E-state index in [4.69, 9.17) is 40.1 Å². The summed E-state index contributed by atoms with van der Waals surface area (Å²) in [6.07, 6.45) is 1.78. The molecule has 0 radical (unpaired) electrons. The zero-order valence-electron chi connectivity index (χ0n) is 11.6. The van der Waals surface area contributed by atoms with Gasteiger partial charge in [-0.2, -0.15) is 15.0 Å². The lowest BCUT2D eigenvalue weighted by atomic mass is 10.3. The highest BCUT2D eigenvalue weighted by Crippen LogP contribution is 2.25. The first-order chi connectivity index (χ1) is 10.5. The van der Waals surface area contributed by atoms with E-state index in [-0.39, 0.29) is 5.02 Å². The second kappa shape index (κ2) is 7.01. The lowest BCUT2D eigenvalue weighted by Gasteiger charge is -2.19. The largest absolute Gasteiger partial charge is 0.371 e. The Balaban J connectivity index is 2.47. The van der Waals surface area contributed by atoms with Crippen molar-refractivity contribution in [2.75, 3.05) is 18.5 Å². The number of anilines is 1. The van der Waals surface area contributed by atoms with Gasteiger partial charge in [0.1, 0.15) is 5.02 Å². The number of halogens is 3. The predicted octanol–water partition coefficient (Wildman–Crippen LogP) is 3.54. The summed E-state index contributed by atoms with van der Waals surface area (Å²) < 4.78 is 1.11. The number of benzene rings is 1. The standard InChI is InChI=1S/C14H11Cl3N4O/c1-20(6-2-5-18)12-8-19-21(14(22)13(12)17)11-4-3-9(15)7-10(11)16/h3-4,7-8H,2,6H2,1H3. The molecule has 0 unspecified atom stereocenters. The molecule has 0 aliphatic carbocycles. The number of aromatic nitrogens is 2. The first kappa shape index (κ1) is 16.6. The molecular formula is C14H11Cl3N4O. The van der Waals surface area contributed by atoms with E-state index < -0.39 is 5.56 Å². The van der Waals surface area contributed by atoms with Gasteiger partial charge in [-0.3, -0.25) is 4.79 Å². The predicted molar refractivity (Wildman–Crippen MR) is 88.4 cm³/mol. The first-order valence-electron chi connectivity index (χ1n) is 6.27. The van der Waals surface area contributed by atoms with E-state index in [2.05, 4.69) is 5.10 Å². The van der Waals surface area contributed by atoms with E-state index >= 15 is 0 Å². The Morgan fingerprint density at radius 1 is 1.36 bits per heavy atom. The van der Waals surface area contributed by atoms with E-state index in [1.165, 1.54) is 12.3 Å². The molecule has 0 fully saturated rings. The Hall–Kier alpha value is -1.74. The first-order valence-corrected chi connectivity index (χ1v) is 7.40. The smallest absolute Gasteiger partial charge is 0.292 e. The van der Waals surface area contributed by atoms with Crippen molar-refractivity contribution in [3.05, 3.63) is 49.8 Å². The SMILES string of the molecule is CN(CCC#N)c1cnn(-c2ccc(Cl)cc2Cl)c(=O)c1Cl. The summed E-state index contributed by atoms with van der Waals surface area (Å²) in [4.78, 5) is 14.1.